The van der Waals surface area contributed by atoms with Crippen LogP contribution in [-0.4, -0.2) is 39.6 Å². The first-order valence-electron chi connectivity index (χ1n) is 5.65. The van der Waals surface area contributed by atoms with E-state index >= 15 is 0 Å². The Kier molecular flexibility index (Phi) is 4.26. The van der Waals surface area contributed by atoms with Crippen LogP contribution < -0.4 is 0 Å². The normalized spacial score (nSPS) is 15.6. The van der Waals surface area contributed by atoms with Crippen LogP contribution in [0, 0.1) is 0 Å². The number of rotatable bonds is 4. The van der Waals surface area contributed by atoms with Crippen molar-refractivity contribution in [2.75, 3.05) is 6.54 Å². The summed E-state index contributed by atoms with van der Waals surface area (Å²) in [7, 11) is 0. The number of thiocarbonyl (C=S) groups is 1. The zero-order chi connectivity index (χ0) is 14.7. The van der Waals surface area contributed by atoms with Gasteiger partial charge in [-0.3, -0.25) is 14.5 Å². The quantitative estimate of drug-likeness (QED) is 0.369. The zero-order valence-electron chi connectivity index (χ0n) is 10.3. The maximum absolute atomic E-state index is 11.8. The lowest BCUT2D eigenvalue weighted by atomic mass is 10.2. The van der Waals surface area contributed by atoms with Gasteiger partial charge in [0.15, 0.2) is 0 Å². The predicted molar refractivity (Wildman–Crippen MR) is 80.4 cm³/mol. The molecule has 20 heavy (non-hydrogen) atoms. The third-order valence-corrected chi connectivity index (χ3v) is 3.18. The van der Waals surface area contributed by atoms with Crippen LogP contribution in [0.1, 0.15) is 5.56 Å². The maximum atomic E-state index is 11.8. The van der Waals surface area contributed by atoms with E-state index in [0.29, 0.717) is 5.02 Å². The fourth-order valence-corrected chi connectivity index (χ4v) is 1.97. The molecule has 1 aromatic carbocycles. The van der Waals surface area contributed by atoms with Crippen molar-refractivity contribution in [3.8, 4) is 0 Å². The SMILES string of the molecule is C=CCN1C(=O)C(=O)N(/N=C/c2ccc(Cl)cc2)C1=S. The summed E-state index contributed by atoms with van der Waals surface area (Å²) in [4.78, 5) is 24.6. The molecule has 0 bridgehead atoms. The average molecular weight is 308 g/mol. The minimum Gasteiger partial charge on any atom is -0.275 e. The van der Waals surface area contributed by atoms with Crippen LogP contribution >= 0.6 is 23.8 Å². The van der Waals surface area contributed by atoms with Gasteiger partial charge in [0.25, 0.3) is 0 Å². The molecule has 0 spiro atoms. The molecule has 0 saturated carbocycles. The summed E-state index contributed by atoms with van der Waals surface area (Å²) in [5.74, 6) is -1.48. The van der Waals surface area contributed by atoms with Gasteiger partial charge in [0.05, 0.1) is 6.21 Å². The second-order valence-electron chi connectivity index (χ2n) is 3.90. The first-order valence-corrected chi connectivity index (χ1v) is 6.43. The molecule has 0 N–H and O–H groups in total. The number of amides is 2. The molecule has 1 aliphatic rings. The molecule has 0 radical (unpaired) electrons. The summed E-state index contributed by atoms with van der Waals surface area (Å²) in [5.41, 5.74) is 0.736. The van der Waals surface area contributed by atoms with E-state index in [2.05, 4.69) is 11.7 Å². The molecule has 2 rings (SSSR count). The lowest BCUT2D eigenvalue weighted by Crippen LogP contribution is -2.31. The first-order chi connectivity index (χ1) is 9.54. The Bertz CT molecular complexity index is 613. The van der Waals surface area contributed by atoms with Gasteiger partial charge < -0.3 is 0 Å². The van der Waals surface area contributed by atoms with Crippen LogP contribution in [-0.2, 0) is 9.59 Å². The van der Waals surface area contributed by atoms with E-state index in [1.807, 2.05) is 0 Å². The van der Waals surface area contributed by atoms with Crippen molar-refractivity contribution in [2.45, 2.75) is 0 Å². The largest absolute Gasteiger partial charge is 0.339 e. The van der Waals surface area contributed by atoms with Crippen LogP contribution in [0.5, 0.6) is 0 Å². The molecule has 1 heterocycles. The second-order valence-corrected chi connectivity index (χ2v) is 4.70. The van der Waals surface area contributed by atoms with Gasteiger partial charge in [-0.15, -0.1) is 6.58 Å². The summed E-state index contributed by atoms with van der Waals surface area (Å²) in [6.07, 6.45) is 2.93. The van der Waals surface area contributed by atoms with Crippen molar-refractivity contribution in [2.24, 2.45) is 5.10 Å². The van der Waals surface area contributed by atoms with Gasteiger partial charge in [0.1, 0.15) is 0 Å². The highest BCUT2D eigenvalue weighted by Crippen LogP contribution is 2.13. The molecule has 5 nitrogen and oxygen atoms in total. The van der Waals surface area contributed by atoms with E-state index in [1.54, 1.807) is 24.3 Å². The molecule has 1 saturated heterocycles. The monoisotopic (exact) mass is 307 g/mol. The molecule has 0 atom stereocenters. The van der Waals surface area contributed by atoms with Gasteiger partial charge in [-0.1, -0.05) is 29.8 Å². The summed E-state index contributed by atoms with van der Waals surface area (Å²) in [6, 6.07) is 6.86. The molecule has 102 valence electrons. The molecule has 2 amide bonds. The Morgan fingerprint density at radius 3 is 2.50 bits per heavy atom. The Balaban J connectivity index is 2.18. The van der Waals surface area contributed by atoms with Crippen molar-refractivity contribution in [1.82, 2.24) is 9.91 Å². The first kappa shape index (κ1) is 14.4. The Morgan fingerprint density at radius 1 is 1.25 bits per heavy atom. The van der Waals surface area contributed by atoms with Crippen molar-refractivity contribution < 1.29 is 9.59 Å². The highest BCUT2D eigenvalue weighted by atomic mass is 35.5. The third kappa shape index (κ3) is 2.76. The van der Waals surface area contributed by atoms with E-state index < -0.39 is 11.8 Å². The third-order valence-electron chi connectivity index (χ3n) is 2.54. The van der Waals surface area contributed by atoms with Gasteiger partial charge >= 0.3 is 11.8 Å². The molecular formula is C13H10ClN3O2S. The summed E-state index contributed by atoms with van der Waals surface area (Å²) in [5, 5.41) is 5.49. The molecule has 0 unspecified atom stereocenters. The van der Waals surface area contributed by atoms with Crippen LogP contribution in [0.15, 0.2) is 42.0 Å². The molecule has 1 aromatic rings. The number of carbonyl (C=O) groups is 2. The lowest BCUT2D eigenvalue weighted by Gasteiger charge is -2.12. The number of hydrogen-bond donors (Lipinski definition) is 0. The fraction of sp³-hybridized carbons (Fsp3) is 0.0769. The standard InChI is InChI=1S/C13H10ClN3O2S/c1-2-7-16-11(18)12(19)17(13(16)20)15-8-9-3-5-10(14)6-4-9/h2-6,8H,1,7H2/b15-8+. The molecule has 0 aliphatic carbocycles. The molecule has 1 aliphatic heterocycles. The van der Waals surface area contributed by atoms with E-state index in [9.17, 15) is 9.59 Å². The summed E-state index contributed by atoms with van der Waals surface area (Å²) in [6.45, 7) is 3.69. The number of hydrogen-bond acceptors (Lipinski definition) is 4. The molecular weight excluding hydrogens is 298 g/mol. The van der Waals surface area contributed by atoms with Gasteiger partial charge in [-0.2, -0.15) is 10.1 Å². The minimum absolute atomic E-state index is 0.0464. The smallest absolute Gasteiger partial charge is 0.275 e. The van der Waals surface area contributed by atoms with E-state index in [4.69, 9.17) is 23.8 Å². The predicted octanol–water partition coefficient (Wildman–Crippen LogP) is 1.82. The second kappa shape index (κ2) is 5.94. The molecule has 7 heteroatoms. The van der Waals surface area contributed by atoms with E-state index in [1.165, 1.54) is 12.3 Å². The van der Waals surface area contributed by atoms with Crippen LogP contribution in [0.4, 0.5) is 0 Å². The topological polar surface area (TPSA) is 53.0 Å². The highest BCUT2D eigenvalue weighted by molar-refractivity contribution is 7.80. The average Bonchev–Trinajstić information content (AvgIpc) is 2.63. The van der Waals surface area contributed by atoms with Crippen molar-refractivity contribution in [1.29, 1.82) is 0 Å². The van der Waals surface area contributed by atoms with E-state index in [0.717, 1.165) is 15.5 Å². The van der Waals surface area contributed by atoms with Crippen LogP contribution in [0.2, 0.25) is 5.02 Å². The van der Waals surface area contributed by atoms with Gasteiger partial charge in [0, 0.05) is 11.6 Å². The molecule has 0 aromatic heterocycles. The summed E-state index contributed by atoms with van der Waals surface area (Å²) < 4.78 is 0. The summed E-state index contributed by atoms with van der Waals surface area (Å²) >= 11 is 10.8. The Labute approximate surface area is 126 Å². The van der Waals surface area contributed by atoms with Crippen molar-refractivity contribution in [3.63, 3.8) is 0 Å². The Hall–Kier alpha value is -2.05. The van der Waals surface area contributed by atoms with Crippen LogP contribution in [0.25, 0.3) is 0 Å². The van der Waals surface area contributed by atoms with Crippen LogP contribution in [0.3, 0.4) is 0 Å². The number of carbonyl (C=O) groups excluding carboxylic acids is 2. The van der Waals surface area contributed by atoms with E-state index in [-0.39, 0.29) is 11.7 Å². The van der Waals surface area contributed by atoms with Crippen molar-refractivity contribution in [3.05, 3.63) is 47.5 Å². The number of halogens is 1. The number of benzene rings is 1. The van der Waals surface area contributed by atoms with Gasteiger partial charge in [-0.25, -0.2) is 0 Å². The lowest BCUT2D eigenvalue weighted by molar-refractivity contribution is -0.143. The number of hydrazone groups is 1. The zero-order valence-corrected chi connectivity index (χ0v) is 11.9. The van der Waals surface area contributed by atoms with Gasteiger partial charge in [-0.05, 0) is 29.9 Å². The molecule has 1 fully saturated rings. The fourth-order valence-electron chi connectivity index (χ4n) is 1.56. The number of nitrogens with zero attached hydrogens (tertiary/aromatic N) is 3. The van der Waals surface area contributed by atoms with Crippen molar-refractivity contribution >= 4 is 47.0 Å². The Morgan fingerprint density at radius 2 is 1.90 bits per heavy atom. The maximum Gasteiger partial charge on any atom is 0.339 e. The minimum atomic E-state index is -0.776. The highest BCUT2D eigenvalue weighted by Gasteiger charge is 2.41. The van der Waals surface area contributed by atoms with Gasteiger partial charge in [0.2, 0.25) is 5.11 Å².